The van der Waals surface area contributed by atoms with Gasteiger partial charge in [-0.1, -0.05) is 35.9 Å². The first-order valence-corrected chi connectivity index (χ1v) is 9.26. The Hall–Kier alpha value is -3.45. The summed E-state index contributed by atoms with van der Waals surface area (Å²) in [6.07, 6.45) is 1.90. The molecule has 29 heavy (non-hydrogen) atoms. The Morgan fingerprint density at radius 2 is 1.86 bits per heavy atom. The van der Waals surface area contributed by atoms with Crippen LogP contribution in [-0.2, 0) is 22.4 Å². The predicted molar refractivity (Wildman–Crippen MR) is 108 cm³/mol. The molecule has 0 saturated carbocycles. The summed E-state index contributed by atoms with van der Waals surface area (Å²) in [7, 11) is 0. The Balaban J connectivity index is 1.45. The molecule has 8 heteroatoms. The lowest BCUT2D eigenvalue weighted by Crippen LogP contribution is -2.21. The normalized spacial score (nSPS) is 12.0. The van der Waals surface area contributed by atoms with Crippen molar-refractivity contribution in [1.29, 1.82) is 0 Å². The maximum atomic E-state index is 12.5. The van der Waals surface area contributed by atoms with Gasteiger partial charge in [0.1, 0.15) is 0 Å². The molecule has 0 atom stereocenters. The summed E-state index contributed by atoms with van der Waals surface area (Å²) in [5, 5.41) is 15.1. The van der Waals surface area contributed by atoms with Crippen LogP contribution in [0, 0.1) is 10.1 Å². The highest BCUT2D eigenvalue weighted by Gasteiger charge is 2.20. The summed E-state index contributed by atoms with van der Waals surface area (Å²) in [6.45, 7) is -0.505. The molecule has 3 aromatic carbocycles. The average molecular weight is 411 g/mol. The van der Waals surface area contributed by atoms with Gasteiger partial charge in [-0.25, -0.2) is 4.79 Å². The molecule has 0 aromatic heterocycles. The van der Waals surface area contributed by atoms with Crippen LogP contribution in [0.25, 0.3) is 10.8 Å². The molecule has 0 radical (unpaired) electrons. The number of nitrogens with zero attached hydrogens (tertiary/aromatic N) is 1. The average Bonchev–Trinajstić information content (AvgIpc) is 3.13. The first-order valence-electron chi connectivity index (χ1n) is 8.88. The first-order chi connectivity index (χ1) is 13.9. The molecule has 146 valence electrons. The van der Waals surface area contributed by atoms with Gasteiger partial charge in [0.05, 0.1) is 21.2 Å². The van der Waals surface area contributed by atoms with Crippen LogP contribution in [0.5, 0.6) is 0 Å². The Labute approximate surface area is 170 Å². The van der Waals surface area contributed by atoms with Crippen molar-refractivity contribution in [2.24, 2.45) is 0 Å². The van der Waals surface area contributed by atoms with E-state index >= 15 is 0 Å². The molecule has 0 unspecified atom stereocenters. The number of non-ortho nitro benzene ring substituents is 1. The minimum atomic E-state index is -0.597. The number of nitro groups is 1. The SMILES string of the molecule is O=C(COC(=O)c1ccc2c3c(cccc13)CC2)Nc1ccc([N+](=O)[O-])cc1Cl. The molecule has 1 aliphatic carbocycles. The highest BCUT2D eigenvalue weighted by atomic mass is 35.5. The van der Waals surface area contributed by atoms with Crippen LogP contribution in [-0.4, -0.2) is 23.4 Å². The van der Waals surface area contributed by atoms with E-state index in [1.807, 2.05) is 18.2 Å². The number of rotatable bonds is 5. The van der Waals surface area contributed by atoms with E-state index < -0.39 is 23.4 Å². The molecule has 0 spiro atoms. The molecule has 1 amide bonds. The summed E-state index contributed by atoms with van der Waals surface area (Å²) in [5.41, 5.74) is 2.83. The number of nitrogens with one attached hydrogen (secondary N) is 1. The number of aryl methyl sites for hydroxylation is 2. The van der Waals surface area contributed by atoms with Crippen molar-refractivity contribution in [1.82, 2.24) is 0 Å². The van der Waals surface area contributed by atoms with Crippen LogP contribution in [0.3, 0.4) is 0 Å². The molecule has 0 bridgehead atoms. The lowest BCUT2D eigenvalue weighted by molar-refractivity contribution is -0.384. The number of benzene rings is 3. The van der Waals surface area contributed by atoms with Gasteiger partial charge in [-0.3, -0.25) is 14.9 Å². The van der Waals surface area contributed by atoms with E-state index in [2.05, 4.69) is 11.4 Å². The monoisotopic (exact) mass is 410 g/mol. The summed E-state index contributed by atoms with van der Waals surface area (Å²) in [6, 6.07) is 13.2. The van der Waals surface area contributed by atoms with Crippen LogP contribution >= 0.6 is 11.6 Å². The number of esters is 1. The second-order valence-electron chi connectivity index (χ2n) is 6.66. The van der Waals surface area contributed by atoms with E-state index in [9.17, 15) is 19.7 Å². The number of halogens is 1. The standard InChI is InChI=1S/C21H15ClN2O5/c22-17-10-14(24(27)28)7-9-18(17)23-19(25)11-29-21(26)16-8-6-13-5-4-12-2-1-3-15(16)20(12)13/h1-3,6-10H,4-5,11H2,(H,23,25). The van der Waals surface area contributed by atoms with E-state index in [4.69, 9.17) is 16.3 Å². The number of anilines is 1. The fourth-order valence-corrected chi connectivity index (χ4v) is 3.76. The van der Waals surface area contributed by atoms with Crippen LogP contribution < -0.4 is 5.32 Å². The minimum absolute atomic E-state index is 0.0198. The fraction of sp³-hybridized carbons (Fsp3) is 0.143. The van der Waals surface area contributed by atoms with Gasteiger partial charge in [0.15, 0.2) is 6.61 Å². The van der Waals surface area contributed by atoms with Crippen molar-refractivity contribution in [2.45, 2.75) is 12.8 Å². The van der Waals surface area contributed by atoms with Crippen molar-refractivity contribution in [2.75, 3.05) is 11.9 Å². The van der Waals surface area contributed by atoms with Crippen LogP contribution in [0.2, 0.25) is 5.02 Å². The zero-order chi connectivity index (χ0) is 20.5. The lowest BCUT2D eigenvalue weighted by atomic mass is 10.00. The summed E-state index contributed by atoms with van der Waals surface area (Å²) < 4.78 is 5.17. The fourth-order valence-electron chi connectivity index (χ4n) is 3.54. The number of nitro benzene ring substituents is 1. The summed E-state index contributed by atoms with van der Waals surface area (Å²) in [4.78, 5) is 34.8. The van der Waals surface area contributed by atoms with Crippen molar-refractivity contribution in [3.8, 4) is 0 Å². The molecule has 0 aliphatic heterocycles. The van der Waals surface area contributed by atoms with Gasteiger partial charge < -0.3 is 10.1 Å². The van der Waals surface area contributed by atoms with Gasteiger partial charge in [-0.2, -0.15) is 0 Å². The smallest absolute Gasteiger partial charge is 0.339 e. The van der Waals surface area contributed by atoms with Crippen LogP contribution in [0.15, 0.2) is 48.5 Å². The zero-order valence-corrected chi connectivity index (χ0v) is 15.9. The van der Waals surface area contributed by atoms with Crippen molar-refractivity contribution in [3.63, 3.8) is 0 Å². The third kappa shape index (κ3) is 3.64. The molecule has 0 fully saturated rings. The molecule has 0 heterocycles. The lowest BCUT2D eigenvalue weighted by Gasteiger charge is -2.10. The number of amides is 1. The van der Waals surface area contributed by atoms with Crippen molar-refractivity contribution >= 4 is 45.6 Å². The molecule has 3 aromatic rings. The topological polar surface area (TPSA) is 98.5 Å². The van der Waals surface area contributed by atoms with Gasteiger partial charge in [-0.05, 0) is 46.9 Å². The highest BCUT2D eigenvalue weighted by molar-refractivity contribution is 6.34. The maximum absolute atomic E-state index is 12.5. The number of hydrogen-bond acceptors (Lipinski definition) is 5. The molecular formula is C21H15ClN2O5. The molecule has 0 saturated heterocycles. The highest BCUT2D eigenvalue weighted by Crippen LogP contribution is 2.33. The second kappa shape index (κ2) is 7.52. The van der Waals surface area contributed by atoms with E-state index in [1.165, 1.54) is 23.3 Å². The van der Waals surface area contributed by atoms with Crippen LogP contribution in [0.1, 0.15) is 21.5 Å². The molecular weight excluding hydrogens is 396 g/mol. The van der Waals surface area contributed by atoms with E-state index in [-0.39, 0.29) is 16.4 Å². The van der Waals surface area contributed by atoms with Gasteiger partial charge >= 0.3 is 5.97 Å². The van der Waals surface area contributed by atoms with E-state index in [1.54, 1.807) is 6.07 Å². The Bertz CT molecular complexity index is 1160. The van der Waals surface area contributed by atoms with E-state index in [0.29, 0.717) is 5.56 Å². The van der Waals surface area contributed by atoms with Crippen LogP contribution in [0.4, 0.5) is 11.4 Å². The molecule has 7 nitrogen and oxygen atoms in total. The van der Waals surface area contributed by atoms with Gasteiger partial charge in [-0.15, -0.1) is 0 Å². The number of hydrogen-bond donors (Lipinski definition) is 1. The quantitative estimate of drug-likeness (QED) is 0.384. The minimum Gasteiger partial charge on any atom is -0.452 e. The van der Waals surface area contributed by atoms with Crippen molar-refractivity contribution < 1.29 is 19.2 Å². The third-order valence-electron chi connectivity index (χ3n) is 4.87. The van der Waals surface area contributed by atoms with E-state index in [0.717, 1.165) is 29.7 Å². The van der Waals surface area contributed by atoms with Gasteiger partial charge in [0.25, 0.3) is 11.6 Å². The summed E-state index contributed by atoms with van der Waals surface area (Å²) >= 11 is 5.95. The number of carbonyl (C=O) groups excluding carboxylic acids is 2. The largest absolute Gasteiger partial charge is 0.452 e. The Kier molecular flexibility index (Phi) is 4.90. The maximum Gasteiger partial charge on any atom is 0.339 e. The Morgan fingerprint density at radius 3 is 2.59 bits per heavy atom. The molecule has 1 aliphatic rings. The van der Waals surface area contributed by atoms with Crippen molar-refractivity contribution in [3.05, 3.63) is 80.4 Å². The van der Waals surface area contributed by atoms with Gasteiger partial charge in [0.2, 0.25) is 0 Å². The Morgan fingerprint density at radius 1 is 1.10 bits per heavy atom. The second-order valence-corrected chi connectivity index (χ2v) is 7.06. The molecule has 4 rings (SSSR count). The number of ether oxygens (including phenoxy) is 1. The number of carbonyl (C=O) groups is 2. The molecule has 1 N–H and O–H groups in total. The first kappa shape index (κ1) is 18.9. The van der Waals surface area contributed by atoms with Gasteiger partial charge in [0, 0.05) is 12.1 Å². The predicted octanol–water partition coefficient (Wildman–Crippen LogP) is 4.30. The summed E-state index contributed by atoms with van der Waals surface area (Å²) in [5.74, 6) is -1.19. The third-order valence-corrected chi connectivity index (χ3v) is 5.18. The zero-order valence-electron chi connectivity index (χ0n) is 15.1.